The number of nitrogens with zero attached hydrogens (tertiary/aromatic N) is 1. The van der Waals surface area contributed by atoms with Gasteiger partial charge in [-0.25, -0.2) is 0 Å². The number of hydrogen-bond acceptors (Lipinski definition) is 2. The van der Waals surface area contributed by atoms with E-state index in [1.807, 2.05) is 0 Å². The number of rotatable bonds is 1. The van der Waals surface area contributed by atoms with Gasteiger partial charge in [0.2, 0.25) is 0 Å². The molecule has 1 saturated carbocycles. The summed E-state index contributed by atoms with van der Waals surface area (Å²) in [6.07, 6.45) is 8.23. The summed E-state index contributed by atoms with van der Waals surface area (Å²) in [7, 11) is 0. The average Bonchev–Trinajstić information content (AvgIpc) is 2.48. The van der Waals surface area contributed by atoms with E-state index in [1.54, 1.807) is 0 Å². The van der Waals surface area contributed by atoms with Crippen molar-refractivity contribution in [1.82, 2.24) is 4.90 Å². The Labute approximate surface area is 77.4 Å². The van der Waals surface area contributed by atoms with Crippen molar-refractivity contribution in [2.75, 3.05) is 0 Å². The maximum Gasteiger partial charge on any atom is 0.253 e. The Kier molecular flexibility index (Phi) is 2.17. The molecule has 70 valence electrons. The average molecular weight is 179 g/mol. The molecule has 3 nitrogen and oxygen atoms in total. The largest absolute Gasteiger partial charge is 0.272 e. The second kappa shape index (κ2) is 3.32. The Bertz CT molecular complexity index is 246. The zero-order chi connectivity index (χ0) is 9.26. The summed E-state index contributed by atoms with van der Waals surface area (Å²) >= 11 is 0. The van der Waals surface area contributed by atoms with Crippen molar-refractivity contribution in [2.45, 2.75) is 38.1 Å². The Balaban J connectivity index is 2.07. The van der Waals surface area contributed by atoms with Gasteiger partial charge in [0, 0.05) is 18.2 Å². The van der Waals surface area contributed by atoms with Crippen molar-refractivity contribution in [2.24, 2.45) is 0 Å². The van der Waals surface area contributed by atoms with E-state index in [2.05, 4.69) is 0 Å². The fourth-order valence-corrected chi connectivity index (χ4v) is 2.11. The number of carbonyl (C=O) groups excluding carboxylic acids is 2. The lowest BCUT2D eigenvalue weighted by Gasteiger charge is -2.29. The van der Waals surface area contributed by atoms with E-state index < -0.39 is 0 Å². The van der Waals surface area contributed by atoms with Gasteiger partial charge in [-0.15, -0.1) is 0 Å². The topological polar surface area (TPSA) is 37.4 Å². The second-order valence-corrected chi connectivity index (χ2v) is 3.67. The molecule has 2 aliphatic rings. The van der Waals surface area contributed by atoms with Crippen LogP contribution in [0.3, 0.4) is 0 Å². The monoisotopic (exact) mass is 179 g/mol. The third-order valence-corrected chi connectivity index (χ3v) is 2.78. The summed E-state index contributed by atoms with van der Waals surface area (Å²) in [5.74, 6) is -0.256. The minimum Gasteiger partial charge on any atom is -0.272 e. The van der Waals surface area contributed by atoms with Gasteiger partial charge >= 0.3 is 0 Å². The Hall–Kier alpha value is -1.12. The molecular formula is C10H13NO2. The quantitative estimate of drug-likeness (QED) is 0.568. The van der Waals surface area contributed by atoms with E-state index in [0.29, 0.717) is 0 Å². The van der Waals surface area contributed by atoms with Gasteiger partial charge < -0.3 is 0 Å². The lowest BCUT2D eigenvalue weighted by atomic mass is 9.94. The fraction of sp³-hybridized carbons (Fsp3) is 0.600. The Morgan fingerprint density at radius 3 is 2.08 bits per heavy atom. The molecule has 2 amide bonds. The maximum atomic E-state index is 11.3. The predicted molar refractivity (Wildman–Crippen MR) is 47.9 cm³/mol. The summed E-state index contributed by atoms with van der Waals surface area (Å²) in [6.45, 7) is 0. The highest BCUT2D eigenvalue weighted by molar-refractivity contribution is 6.13. The van der Waals surface area contributed by atoms with Crippen molar-refractivity contribution >= 4 is 11.8 Å². The molecule has 1 heterocycles. The zero-order valence-corrected chi connectivity index (χ0v) is 7.53. The molecule has 1 aliphatic carbocycles. The summed E-state index contributed by atoms with van der Waals surface area (Å²) < 4.78 is 0. The zero-order valence-electron chi connectivity index (χ0n) is 7.53. The van der Waals surface area contributed by atoms with E-state index in [-0.39, 0.29) is 17.9 Å². The van der Waals surface area contributed by atoms with Gasteiger partial charge in [0.15, 0.2) is 0 Å². The molecule has 0 N–H and O–H groups in total. The van der Waals surface area contributed by atoms with Gasteiger partial charge in [0.25, 0.3) is 11.8 Å². The van der Waals surface area contributed by atoms with E-state index in [1.165, 1.54) is 23.5 Å². The number of hydrogen-bond donors (Lipinski definition) is 0. The molecule has 0 radical (unpaired) electrons. The SMILES string of the molecule is O=C1C=CC(=O)N1C1CCCCC1. The minimum absolute atomic E-state index is 0.128. The fourth-order valence-electron chi connectivity index (χ4n) is 2.11. The smallest absolute Gasteiger partial charge is 0.253 e. The highest BCUT2D eigenvalue weighted by Gasteiger charge is 2.31. The second-order valence-electron chi connectivity index (χ2n) is 3.67. The Morgan fingerprint density at radius 2 is 1.54 bits per heavy atom. The summed E-state index contributed by atoms with van der Waals surface area (Å²) in [5.41, 5.74) is 0. The number of carbonyl (C=O) groups is 2. The number of imide groups is 1. The van der Waals surface area contributed by atoms with Crippen molar-refractivity contribution < 1.29 is 9.59 Å². The van der Waals surface area contributed by atoms with Crippen molar-refractivity contribution in [3.05, 3.63) is 12.2 Å². The molecule has 0 aromatic rings. The van der Waals surface area contributed by atoms with E-state index in [0.717, 1.165) is 25.7 Å². The molecule has 2 rings (SSSR count). The molecule has 3 heteroatoms. The molecule has 0 saturated heterocycles. The summed E-state index contributed by atoms with van der Waals surface area (Å²) in [4.78, 5) is 24.0. The van der Waals surface area contributed by atoms with Gasteiger partial charge in [0.1, 0.15) is 0 Å². The van der Waals surface area contributed by atoms with Crippen LogP contribution in [-0.4, -0.2) is 22.8 Å². The van der Waals surface area contributed by atoms with Crippen LogP contribution in [0.2, 0.25) is 0 Å². The van der Waals surface area contributed by atoms with Crippen LogP contribution in [0.15, 0.2) is 12.2 Å². The molecule has 1 aliphatic heterocycles. The van der Waals surface area contributed by atoms with Crippen LogP contribution >= 0.6 is 0 Å². The van der Waals surface area contributed by atoms with Crippen molar-refractivity contribution in [1.29, 1.82) is 0 Å². The first-order valence-corrected chi connectivity index (χ1v) is 4.84. The third kappa shape index (κ3) is 1.50. The van der Waals surface area contributed by atoms with Crippen LogP contribution < -0.4 is 0 Å². The predicted octanol–water partition coefficient (Wildman–Crippen LogP) is 1.24. The minimum atomic E-state index is -0.128. The van der Waals surface area contributed by atoms with Gasteiger partial charge in [-0.1, -0.05) is 19.3 Å². The van der Waals surface area contributed by atoms with Crippen LogP contribution in [0.1, 0.15) is 32.1 Å². The molecule has 1 fully saturated rings. The standard InChI is InChI=1S/C10H13NO2/c12-9-6-7-10(13)11(9)8-4-2-1-3-5-8/h6-8H,1-5H2. The van der Waals surface area contributed by atoms with Crippen LogP contribution in [0.4, 0.5) is 0 Å². The molecule has 0 aromatic heterocycles. The summed E-state index contributed by atoms with van der Waals surface area (Å²) in [5, 5.41) is 0. The van der Waals surface area contributed by atoms with Gasteiger partial charge in [-0.3, -0.25) is 14.5 Å². The third-order valence-electron chi connectivity index (χ3n) is 2.78. The lowest BCUT2D eigenvalue weighted by Crippen LogP contribution is -2.41. The summed E-state index contributed by atoms with van der Waals surface area (Å²) in [6, 6.07) is 0.170. The van der Waals surface area contributed by atoms with Crippen LogP contribution in [0.5, 0.6) is 0 Å². The van der Waals surface area contributed by atoms with Crippen molar-refractivity contribution in [3.8, 4) is 0 Å². The van der Waals surface area contributed by atoms with Crippen LogP contribution in [0, 0.1) is 0 Å². The van der Waals surface area contributed by atoms with Gasteiger partial charge in [0.05, 0.1) is 0 Å². The van der Waals surface area contributed by atoms with Crippen LogP contribution in [0.25, 0.3) is 0 Å². The first-order chi connectivity index (χ1) is 6.29. The number of amides is 2. The first kappa shape index (κ1) is 8.48. The lowest BCUT2D eigenvalue weighted by molar-refractivity contribution is -0.140. The molecule has 0 unspecified atom stereocenters. The Morgan fingerprint density at radius 1 is 1.00 bits per heavy atom. The molecule has 0 bridgehead atoms. The van der Waals surface area contributed by atoms with Crippen molar-refractivity contribution in [3.63, 3.8) is 0 Å². The highest BCUT2D eigenvalue weighted by Crippen LogP contribution is 2.24. The van der Waals surface area contributed by atoms with E-state index in [4.69, 9.17) is 0 Å². The van der Waals surface area contributed by atoms with Gasteiger partial charge in [-0.2, -0.15) is 0 Å². The normalized spacial score (nSPS) is 24.5. The van der Waals surface area contributed by atoms with E-state index in [9.17, 15) is 9.59 Å². The molecule has 0 aromatic carbocycles. The molecule has 0 atom stereocenters. The molecular weight excluding hydrogens is 166 g/mol. The molecule has 13 heavy (non-hydrogen) atoms. The maximum absolute atomic E-state index is 11.3. The van der Waals surface area contributed by atoms with Crippen LogP contribution in [-0.2, 0) is 9.59 Å². The molecule has 0 spiro atoms. The first-order valence-electron chi connectivity index (χ1n) is 4.84. The highest BCUT2D eigenvalue weighted by atomic mass is 16.2. The van der Waals surface area contributed by atoms with E-state index >= 15 is 0 Å². The van der Waals surface area contributed by atoms with Gasteiger partial charge in [-0.05, 0) is 12.8 Å².